The maximum absolute atomic E-state index is 11.7. The van der Waals surface area contributed by atoms with Gasteiger partial charge in [0, 0.05) is 0 Å². The van der Waals surface area contributed by atoms with Crippen LogP contribution in [0.2, 0.25) is 0 Å². The molecule has 0 bridgehead atoms. The van der Waals surface area contributed by atoms with Gasteiger partial charge in [0.15, 0.2) is 5.75 Å². The van der Waals surface area contributed by atoms with E-state index in [-0.39, 0.29) is 11.4 Å². The highest BCUT2D eigenvalue weighted by atomic mass is 16.6. The number of anilines is 1. The molecule has 1 aliphatic rings. The lowest BCUT2D eigenvalue weighted by molar-refractivity contribution is -0.142. The zero-order chi connectivity index (χ0) is 14.9. The molecule has 1 aliphatic heterocycles. The van der Waals surface area contributed by atoms with E-state index in [1.165, 1.54) is 0 Å². The Morgan fingerprint density at radius 1 is 1.20 bits per heavy atom. The van der Waals surface area contributed by atoms with E-state index in [0.717, 1.165) is 19.8 Å². The van der Waals surface area contributed by atoms with Gasteiger partial charge >= 0.3 is 11.9 Å². The van der Waals surface area contributed by atoms with Crippen LogP contribution in [0.5, 0.6) is 5.75 Å². The van der Waals surface area contributed by atoms with Gasteiger partial charge in [0.2, 0.25) is 11.5 Å². The van der Waals surface area contributed by atoms with Gasteiger partial charge in [0.25, 0.3) is 0 Å². The highest BCUT2D eigenvalue weighted by molar-refractivity contribution is 6.02. The van der Waals surface area contributed by atoms with Crippen LogP contribution in [0.3, 0.4) is 0 Å². The Hall–Kier alpha value is -2.54. The Morgan fingerprint density at radius 2 is 1.85 bits per heavy atom. The smallest absolute Gasteiger partial charge is 0.376 e. The largest absolute Gasteiger partial charge is 0.464 e. The predicted octanol–water partition coefficient (Wildman–Crippen LogP) is 1.14. The molecule has 0 atom stereocenters. The van der Waals surface area contributed by atoms with Crippen molar-refractivity contribution < 1.29 is 29.0 Å². The summed E-state index contributed by atoms with van der Waals surface area (Å²) in [5.74, 6) is -2.01. The molecule has 0 fully saturated rings. The van der Waals surface area contributed by atoms with E-state index in [4.69, 9.17) is 4.74 Å². The van der Waals surface area contributed by atoms with Crippen LogP contribution in [0.4, 0.5) is 5.69 Å². The van der Waals surface area contributed by atoms with Gasteiger partial charge in [-0.15, -0.1) is 0 Å². The molecule has 0 aliphatic carbocycles. The van der Waals surface area contributed by atoms with E-state index in [0.29, 0.717) is 5.06 Å². The van der Waals surface area contributed by atoms with Crippen molar-refractivity contribution in [3.05, 3.63) is 35.2 Å². The zero-order valence-electron chi connectivity index (χ0n) is 11.2. The molecule has 7 heteroatoms. The molecule has 2 rings (SSSR count). The number of hydroxylamine groups is 1. The summed E-state index contributed by atoms with van der Waals surface area (Å²) in [5.41, 5.74) is 0.646. The molecule has 0 saturated heterocycles. The molecule has 0 aromatic heterocycles. The summed E-state index contributed by atoms with van der Waals surface area (Å²) >= 11 is 0. The second kappa shape index (κ2) is 5.22. The van der Waals surface area contributed by atoms with Crippen molar-refractivity contribution in [2.24, 2.45) is 0 Å². The number of hydrogen-bond donors (Lipinski definition) is 1. The molecule has 1 N–H and O–H groups in total. The molecular weight excluding hydrogens is 266 g/mol. The van der Waals surface area contributed by atoms with Crippen molar-refractivity contribution in [3.8, 4) is 5.75 Å². The molecule has 1 heterocycles. The minimum atomic E-state index is -0.917. The average Bonchev–Trinajstić information content (AvgIpc) is 2.46. The fourth-order valence-electron chi connectivity index (χ4n) is 1.76. The predicted molar refractivity (Wildman–Crippen MR) is 67.1 cm³/mol. The Balaban J connectivity index is 2.59. The van der Waals surface area contributed by atoms with Crippen LogP contribution in [0.15, 0.2) is 29.7 Å². The first kappa shape index (κ1) is 13.9. The number of rotatable bonds is 2. The summed E-state index contributed by atoms with van der Waals surface area (Å²) in [5, 5.41) is 10.7. The summed E-state index contributed by atoms with van der Waals surface area (Å²) in [7, 11) is 2.27. The lowest BCUT2D eigenvalue weighted by Crippen LogP contribution is -2.34. The van der Waals surface area contributed by atoms with E-state index in [1.807, 2.05) is 6.92 Å². The maximum Gasteiger partial charge on any atom is 0.376 e. The molecule has 0 saturated carbocycles. The van der Waals surface area contributed by atoms with Crippen LogP contribution in [0.1, 0.15) is 5.56 Å². The molecule has 0 unspecified atom stereocenters. The van der Waals surface area contributed by atoms with Crippen LogP contribution >= 0.6 is 0 Å². The number of benzene rings is 1. The van der Waals surface area contributed by atoms with Gasteiger partial charge in [-0.3, -0.25) is 5.21 Å². The number of carbonyl (C=O) groups excluding carboxylic acids is 2. The van der Waals surface area contributed by atoms with Crippen LogP contribution in [-0.4, -0.2) is 31.4 Å². The molecule has 0 radical (unpaired) electrons. The molecule has 106 valence electrons. The maximum atomic E-state index is 11.7. The number of ether oxygens (including phenoxy) is 3. The summed E-state index contributed by atoms with van der Waals surface area (Å²) in [6.07, 6.45) is 0. The Kier molecular flexibility index (Phi) is 3.62. The van der Waals surface area contributed by atoms with Crippen molar-refractivity contribution >= 4 is 17.6 Å². The van der Waals surface area contributed by atoms with Crippen molar-refractivity contribution in [1.82, 2.24) is 0 Å². The number of fused-ring (bicyclic) bond motifs is 1. The van der Waals surface area contributed by atoms with E-state index >= 15 is 0 Å². The van der Waals surface area contributed by atoms with Crippen LogP contribution < -0.4 is 9.80 Å². The van der Waals surface area contributed by atoms with Gasteiger partial charge in [0.1, 0.15) is 5.69 Å². The second-order valence-electron chi connectivity index (χ2n) is 4.05. The normalized spacial score (nSPS) is 13.5. The monoisotopic (exact) mass is 279 g/mol. The van der Waals surface area contributed by atoms with E-state index in [9.17, 15) is 14.8 Å². The highest BCUT2D eigenvalue weighted by Gasteiger charge is 2.36. The summed E-state index contributed by atoms with van der Waals surface area (Å²) < 4.78 is 14.4. The fraction of sp³-hybridized carbons (Fsp3) is 0.231. The number of carbonyl (C=O) groups is 2. The number of hydrogen-bond acceptors (Lipinski definition) is 7. The lowest BCUT2D eigenvalue weighted by atomic mass is 10.1. The van der Waals surface area contributed by atoms with Gasteiger partial charge in [-0.1, -0.05) is 6.07 Å². The number of methoxy groups -OCH3 is 2. The van der Waals surface area contributed by atoms with Crippen molar-refractivity contribution in [2.75, 3.05) is 19.3 Å². The number of nitrogens with zero attached hydrogens (tertiary/aromatic N) is 1. The second-order valence-corrected chi connectivity index (χ2v) is 4.05. The Labute approximate surface area is 114 Å². The Morgan fingerprint density at radius 3 is 2.45 bits per heavy atom. The van der Waals surface area contributed by atoms with Gasteiger partial charge in [-0.2, -0.15) is 0 Å². The number of aryl methyl sites for hydroxylation is 1. The number of esters is 2. The van der Waals surface area contributed by atoms with Crippen LogP contribution in [0, 0.1) is 6.92 Å². The molecule has 7 nitrogen and oxygen atoms in total. The fourth-order valence-corrected chi connectivity index (χ4v) is 1.76. The van der Waals surface area contributed by atoms with Crippen molar-refractivity contribution in [2.45, 2.75) is 6.92 Å². The van der Waals surface area contributed by atoms with Gasteiger partial charge in [-0.05, 0) is 24.6 Å². The van der Waals surface area contributed by atoms with Crippen molar-refractivity contribution in [3.63, 3.8) is 0 Å². The molecule has 1 aromatic rings. The van der Waals surface area contributed by atoms with Gasteiger partial charge in [-0.25, -0.2) is 14.7 Å². The minimum absolute atomic E-state index is 0.228. The Bertz CT molecular complexity index is 607. The third-order valence-corrected chi connectivity index (χ3v) is 2.73. The first-order valence-electron chi connectivity index (χ1n) is 5.68. The highest BCUT2D eigenvalue weighted by Crippen LogP contribution is 2.37. The zero-order valence-corrected chi connectivity index (χ0v) is 11.2. The first-order valence-corrected chi connectivity index (χ1v) is 5.68. The third kappa shape index (κ3) is 2.19. The molecular formula is C13H13NO6. The van der Waals surface area contributed by atoms with Crippen LogP contribution in [0.25, 0.3) is 0 Å². The molecule has 0 spiro atoms. The average molecular weight is 279 g/mol. The van der Waals surface area contributed by atoms with E-state index in [2.05, 4.69) is 9.47 Å². The first-order chi connectivity index (χ1) is 9.49. The summed E-state index contributed by atoms with van der Waals surface area (Å²) in [4.78, 5) is 23.4. The quantitative estimate of drug-likeness (QED) is 0.812. The van der Waals surface area contributed by atoms with E-state index < -0.39 is 23.4 Å². The van der Waals surface area contributed by atoms with Crippen LogP contribution in [-0.2, 0) is 19.1 Å². The molecule has 1 aromatic carbocycles. The lowest BCUT2D eigenvalue weighted by Gasteiger charge is -2.27. The van der Waals surface area contributed by atoms with Gasteiger partial charge in [0.05, 0.1) is 14.2 Å². The van der Waals surface area contributed by atoms with E-state index in [1.54, 1.807) is 18.2 Å². The van der Waals surface area contributed by atoms with Gasteiger partial charge < -0.3 is 14.2 Å². The standard InChI is InChI=1S/C13H13NO6/c1-7-4-5-9-8(6-7)14(17)10(12(15)18-2)11(20-9)13(16)19-3/h4-6,17H,1-3H3. The SMILES string of the molecule is COC(=O)C1=C(C(=O)OC)N(O)c2cc(C)ccc2O1. The third-order valence-electron chi connectivity index (χ3n) is 2.73. The summed E-state index contributed by atoms with van der Waals surface area (Å²) in [6, 6.07) is 4.92. The minimum Gasteiger partial charge on any atom is -0.464 e. The molecule has 20 heavy (non-hydrogen) atoms. The summed E-state index contributed by atoms with van der Waals surface area (Å²) in [6.45, 7) is 1.81. The topological polar surface area (TPSA) is 85.3 Å². The van der Waals surface area contributed by atoms with Crippen molar-refractivity contribution in [1.29, 1.82) is 0 Å². The molecule has 0 amide bonds.